The van der Waals surface area contributed by atoms with Gasteiger partial charge in [-0.3, -0.25) is 4.98 Å². The Morgan fingerprint density at radius 3 is 2.00 bits per heavy atom. The molecular weight excluding hydrogens is 256 g/mol. The molecule has 1 atom stereocenters. The fourth-order valence-electron chi connectivity index (χ4n) is 0.866. The van der Waals surface area contributed by atoms with E-state index in [1.807, 2.05) is 0 Å². The Balaban J connectivity index is 0.00000169. The van der Waals surface area contributed by atoms with Gasteiger partial charge >= 0.3 is 0 Å². The van der Waals surface area contributed by atoms with Crippen molar-refractivity contribution >= 4 is 35.6 Å². The number of rotatable bonds is 2. The van der Waals surface area contributed by atoms with Crippen molar-refractivity contribution < 1.29 is 8.78 Å². The average Bonchev–Trinajstić information content (AvgIpc) is 2.03. The minimum atomic E-state index is -2.70. The molecule has 0 amide bonds. The standard InChI is InChI=1S/C7H6Cl2F2N2.ClH/c8-3-1-13-2-4(9)5(3)6(12)7(10)11;/h1-2,6-7H,12H2;1H/t6-;/m0./s1. The summed E-state index contributed by atoms with van der Waals surface area (Å²) in [5, 5.41) is 0.112. The lowest BCUT2D eigenvalue weighted by atomic mass is 10.1. The smallest absolute Gasteiger partial charge is 0.257 e. The largest absolute Gasteiger partial charge is 0.319 e. The third-order valence-corrected chi connectivity index (χ3v) is 2.10. The van der Waals surface area contributed by atoms with Crippen LogP contribution in [0.25, 0.3) is 0 Å². The summed E-state index contributed by atoms with van der Waals surface area (Å²) < 4.78 is 24.4. The Hall–Kier alpha value is -0.160. The molecule has 0 bridgehead atoms. The maximum absolute atomic E-state index is 12.2. The number of pyridine rings is 1. The molecule has 0 unspecified atom stereocenters. The zero-order valence-electron chi connectivity index (χ0n) is 6.75. The summed E-state index contributed by atoms with van der Waals surface area (Å²) in [5.41, 5.74) is 5.23. The van der Waals surface area contributed by atoms with Gasteiger partial charge in [0.2, 0.25) is 0 Å². The maximum Gasteiger partial charge on any atom is 0.257 e. The number of hydrogen-bond acceptors (Lipinski definition) is 2. The SMILES string of the molecule is Cl.N[C@@H](c1c(Cl)cncc1Cl)C(F)F. The molecule has 2 nitrogen and oxygen atoms in total. The van der Waals surface area contributed by atoms with Gasteiger partial charge in [0.25, 0.3) is 6.43 Å². The highest BCUT2D eigenvalue weighted by atomic mass is 35.5. The lowest BCUT2D eigenvalue weighted by Crippen LogP contribution is -2.19. The first-order chi connectivity index (χ1) is 6.04. The van der Waals surface area contributed by atoms with Crippen molar-refractivity contribution in [3.63, 3.8) is 0 Å². The van der Waals surface area contributed by atoms with Gasteiger partial charge < -0.3 is 5.73 Å². The van der Waals surface area contributed by atoms with E-state index in [9.17, 15) is 8.78 Å². The second kappa shape index (κ2) is 5.66. The van der Waals surface area contributed by atoms with Gasteiger partial charge in [-0.05, 0) is 0 Å². The molecule has 0 spiro atoms. The molecule has 0 fully saturated rings. The minimum absolute atomic E-state index is 0. The van der Waals surface area contributed by atoms with Gasteiger partial charge in [-0.25, -0.2) is 8.78 Å². The number of aromatic nitrogens is 1. The summed E-state index contributed by atoms with van der Waals surface area (Å²) in [6.07, 6.45) is -0.242. The lowest BCUT2D eigenvalue weighted by Gasteiger charge is -2.13. The molecule has 1 rings (SSSR count). The van der Waals surface area contributed by atoms with Gasteiger partial charge in [-0.15, -0.1) is 12.4 Å². The number of nitrogens with two attached hydrogens (primary N) is 1. The van der Waals surface area contributed by atoms with E-state index in [2.05, 4.69) is 4.98 Å². The monoisotopic (exact) mass is 262 g/mol. The van der Waals surface area contributed by atoms with Crippen molar-refractivity contribution in [1.29, 1.82) is 0 Å². The van der Waals surface area contributed by atoms with Gasteiger partial charge in [0, 0.05) is 18.0 Å². The summed E-state index contributed by atoms with van der Waals surface area (Å²) in [6, 6.07) is -1.47. The normalized spacial score (nSPS) is 12.4. The Bertz CT molecular complexity index is 289. The Kier molecular flexibility index (Phi) is 5.59. The number of nitrogens with zero attached hydrogens (tertiary/aromatic N) is 1. The number of alkyl halides is 2. The average molecular weight is 264 g/mol. The molecule has 2 N–H and O–H groups in total. The van der Waals surface area contributed by atoms with Gasteiger partial charge in [-0.2, -0.15) is 0 Å². The fourth-order valence-corrected chi connectivity index (χ4v) is 1.48. The maximum atomic E-state index is 12.2. The van der Waals surface area contributed by atoms with Crippen LogP contribution in [0.1, 0.15) is 11.6 Å². The molecule has 14 heavy (non-hydrogen) atoms. The number of hydrogen-bond donors (Lipinski definition) is 1. The first kappa shape index (κ1) is 13.8. The molecule has 80 valence electrons. The van der Waals surface area contributed by atoms with Crippen LogP contribution in [0.15, 0.2) is 12.4 Å². The van der Waals surface area contributed by atoms with Crippen molar-refractivity contribution in [3.05, 3.63) is 28.0 Å². The Morgan fingerprint density at radius 2 is 1.64 bits per heavy atom. The van der Waals surface area contributed by atoms with Crippen molar-refractivity contribution in [1.82, 2.24) is 4.98 Å². The molecule has 0 aromatic carbocycles. The van der Waals surface area contributed by atoms with E-state index in [-0.39, 0.29) is 28.0 Å². The van der Waals surface area contributed by atoms with Crippen LogP contribution in [0.4, 0.5) is 8.78 Å². The van der Waals surface area contributed by atoms with Crippen LogP contribution in [0, 0.1) is 0 Å². The molecule has 0 aliphatic heterocycles. The van der Waals surface area contributed by atoms with E-state index in [1.54, 1.807) is 0 Å². The van der Waals surface area contributed by atoms with E-state index in [0.29, 0.717) is 0 Å². The second-order valence-corrected chi connectivity index (χ2v) is 3.19. The summed E-state index contributed by atoms with van der Waals surface area (Å²) in [6.45, 7) is 0. The van der Waals surface area contributed by atoms with Crippen molar-refractivity contribution in [2.75, 3.05) is 0 Å². The first-order valence-corrected chi connectivity index (χ1v) is 4.12. The summed E-state index contributed by atoms with van der Waals surface area (Å²) >= 11 is 11.2. The van der Waals surface area contributed by atoms with Gasteiger partial charge in [0.05, 0.1) is 16.1 Å². The molecule has 0 radical (unpaired) electrons. The fraction of sp³-hybridized carbons (Fsp3) is 0.286. The molecule has 1 aromatic rings. The molecule has 0 saturated carbocycles. The van der Waals surface area contributed by atoms with Crippen LogP contribution in [-0.4, -0.2) is 11.4 Å². The van der Waals surface area contributed by atoms with E-state index in [0.717, 1.165) is 0 Å². The van der Waals surface area contributed by atoms with Crippen molar-refractivity contribution in [3.8, 4) is 0 Å². The lowest BCUT2D eigenvalue weighted by molar-refractivity contribution is 0.116. The summed E-state index contributed by atoms with van der Waals surface area (Å²) in [5.74, 6) is 0. The zero-order valence-corrected chi connectivity index (χ0v) is 9.08. The molecular formula is C7H7Cl3F2N2. The number of halogens is 5. The van der Waals surface area contributed by atoms with E-state index >= 15 is 0 Å². The highest BCUT2D eigenvalue weighted by Crippen LogP contribution is 2.30. The van der Waals surface area contributed by atoms with Crippen LogP contribution in [0.2, 0.25) is 10.0 Å². The molecule has 1 aromatic heterocycles. The van der Waals surface area contributed by atoms with Crippen molar-refractivity contribution in [2.45, 2.75) is 12.5 Å². The van der Waals surface area contributed by atoms with Crippen molar-refractivity contribution in [2.24, 2.45) is 5.73 Å². The summed E-state index contributed by atoms with van der Waals surface area (Å²) in [7, 11) is 0. The topological polar surface area (TPSA) is 38.9 Å². The van der Waals surface area contributed by atoms with Crippen LogP contribution >= 0.6 is 35.6 Å². The Morgan fingerprint density at radius 1 is 1.21 bits per heavy atom. The molecule has 1 heterocycles. The van der Waals surface area contributed by atoms with Gasteiger partial charge in [0.1, 0.15) is 0 Å². The molecule has 7 heteroatoms. The zero-order chi connectivity index (χ0) is 10.0. The van der Waals surface area contributed by atoms with Crippen LogP contribution in [0.3, 0.4) is 0 Å². The van der Waals surface area contributed by atoms with Gasteiger partial charge in [-0.1, -0.05) is 23.2 Å². The van der Waals surface area contributed by atoms with Crippen LogP contribution in [0.5, 0.6) is 0 Å². The quantitative estimate of drug-likeness (QED) is 0.890. The Labute approximate surface area is 95.8 Å². The van der Waals surface area contributed by atoms with Crippen LogP contribution in [-0.2, 0) is 0 Å². The summed E-state index contributed by atoms with van der Waals surface area (Å²) in [4.78, 5) is 3.62. The van der Waals surface area contributed by atoms with E-state index in [4.69, 9.17) is 28.9 Å². The molecule has 0 aliphatic carbocycles. The minimum Gasteiger partial charge on any atom is -0.319 e. The third kappa shape index (κ3) is 2.92. The highest BCUT2D eigenvalue weighted by Gasteiger charge is 2.22. The van der Waals surface area contributed by atoms with Crippen LogP contribution < -0.4 is 5.73 Å². The predicted molar refractivity (Wildman–Crippen MR) is 54.4 cm³/mol. The third-order valence-electron chi connectivity index (χ3n) is 1.50. The first-order valence-electron chi connectivity index (χ1n) is 3.36. The van der Waals surface area contributed by atoms with E-state index < -0.39 is 12.5 Å². The highest BCUT2D eigenvalue weighted by molar-refractivity contribution is 6.35. The predicted octanol–water partition coefficient (Wildman–Crippen LogP) is 3.08. The molecule has 0 aliphatic rings. The van der Waals surface area contributed by atoms with E-state index in [1.165, 1.54) is 12.4 Å². The molecule has 0 saturated heterocycles. The van der Waals surface area contributed by atoms with Gasteiger partial charge in [0.15, 0.2) is 0 Å². The second-order valence-electron chi connectivity index (χ2n) is 2.38.